The Balaban J connectivity index is 0.00000324. The molecule has 1 aliphatic rings. The Hall–Kier alpha value is -2.06. The van der Waals surface area contributed by atoms with E-state index in [1.165, 1.54) is 31.4 Å². The number of methoxy groups -OCH3 is 1. The number of amides is 1. The van der Waals surface area contributed by atoms with Gasteiger partial charge >= 0.3 is 35.7 Å². The molecule has 0 aliphatic carbocycles. The van der Waals surface area contributed by atoms with Gasteiger partial charge in [0.2, 0.25) is 0 Å². The number of nitrogens with zero attached hydrogens (tertiary/aromatic N) is 3. The number of ether oxygens (including phenoxy) is 1. The van der Waals surface area contributed by atoms with E-state index in [0.717, 1.165) is 35.5 Å². The molecule has 14 heteroatoms. The van der Waals surface area contributed by atoms with E-state index in [4.69, 9.17) is 4.74 Å². The average Bonchev–Trinajstić information content (AvgIpc) is 3.14. The van der Waals surface area contributed by atoms with Crippen molar-refractivity contribution in [2.45, 2.75) is 28.6 Å². The summed E-state index contributed by atoms with van der Waals surface area (Å²) in [5.41, 5.74) is -0.616. The minimum atomic E-state index is -4.77. The van der Waals surface area contributed by atoms with Gasteiger partial charge in [-0.25, -0.2) is 17.5 Å². The number of sulfonamides is 1. The number of thioether (sulfide) groups is 1. The molecule has 0 unspecified atom stereocenters. The standard InChI is InChI=1S/C20H15F4N3O4S2.Na/c1-10(28)26-33(29,30)12-5-3-11(4-6-12)27-17-13-7-8-15(31-2)16(21)14(13)9-32-18(17)19(25-27)20(22,23)24;/h3-8H,9H2,1-2H3,(H,26,28);/q;+1/p-1. The first kappa shape index (κ1) is 26.5. The smallest absolute Gasteiger partial charge is 0.542 e. The van der Waals surface area contributed by atoms with Crippen LogP contribution >= 0.6 is 11.8 Å². The molecular formula is C20H14F4N3NaO4S2. The zero-order valence-corrected chi connectivity index (χ0v) is 21.6. The van der Waals surface area contributed by atoms with E-state index in [-0.39, 0.29) is 73.4 Å². The summed E-state index contributed by atoms with van der Waals surface area (Å²) in [6.07, 6.45) is -4.77. The molecule has 3 aromatic rings. The van der Waals surface area contributed by atoms with Crippen LogP contribution < -0.4 is 34.3 Å². The van der Waals surface area contributed by atoms with Crippen molar-refractivity contribution in [3.63, 3.8) is 0 Å². The van der Waals surface area contributed by atoms with Crippen molar-refractivity contribution in [1.82, 2.24) is 9.78 Å². The molecule has 0 spiro atoms. The van der Waals surface area contributed by atoms with E-state index >= 15 is 0 Å². The Labute approximate surface area is 218 Å². The van der Waals surface area contributed by atoms with Gasteiger partial charge in [0.25, 0.3) is 0 Å². The van der Waals surface area contributed by atoms with Crippen molar-refractivity contribution in [2.24, 2.45) is 0 Å². The maximum Gasteiger partial charge on any atom is 1.00 e. The summed E-state index contributed by atoms with van der Waals surface area (Å²) >= 11 is 0.801. The Morgan fingerprint density at radius 2 is 1.82 bits per heavy atom. The SMILES string of the molecule is COc1ccc2c(c1F)CSc1c(C(F)(F)F)nn(-c3ccc(S(=O)(=O)[N-]C(C)=O)cc3)c1-2.[Na+]. The summed E-state index contributed by atoms with van der Waals surface area (Å²) in [6, 6.07) is 7.44. The van der Waals surface area contributed by atoms with Crippen LogP contribution in [-0.2, 0) is 26.7 Å². The summed E-state index contributed by atoms with van der Waals surface area (Å²) in [7, 11) is -2.97. The maximum atomic E-state index is 14.8. The van der Waals surface area contributed by atoms with Gasteiger partial charge in [0.1, 0.15) is 10.0 Å². The molecule has 7 nitrogen and oxygen atoms in total. The van der Waals surface area contributed by atoms with Gasteiger partial charge in [-0.2, -0.15) is 18.3 Å². The first-order valence-electron chi connectivity index (χ1n) is 9.22. The second kappa shape index (κ2) is 9.53. The maximum absolute atomic E-state index is 14.8. The molecule has 2 aromatic carbocycles. The second-order valence-electron chi connectivity index (χ2n) is 6.91. The predicted octanol–water partition coefficient (Wildman–Crippen LogP) is 1.92. The molecule has 1 amide bonds. The molecule has 1 aliphatic heterocycles. The molecule has 0 bridgehead atoms. The molecule has 0 radical (unpaired) electrons. The van der Waals surface area contributed by atoms with Gasteiger partial charge in [-0.3, -0.25) is 0 Å². The zero-order valence-electron chi connectivity index (χ0n) is 18.0. The van der Waals surface area contributed by atoms with Gasteiger partial charge in [-0.05, 0) is 43.3 Å². The number of halogens is 4. The third-order valence-corrected chi connectivity index (χ3v) is 7.26. The number of benzene rings is 2. The first-order chi connectivity index (χ1) is 15.4. The van der Waals surface area contributed by atoms with Crippen molar-refractivity contribution < 1.29 is 65.1 Å². The third kappa shape index (κ3) is 4.71. The average molecular weight is 523 g/mol. The van der Waals surface area contributed by atoms with Gasteiger partial charge in [-0.1, -0.05) is 0 Å². The van der Waals surface area contributed by atoms with Crippen molar-refractivity contribution in [3.05, 3.63) is 58.2 Å². The largest absolute Gasteiger partial charge is 1.00 e. The van der Waals surface area contributed by atoms with Crippen LogP contribution in [0.3, 0.4) is 0 Å². The van der Waals surface area contributed by atoms with E-state index in [1.807, 2.05) is 0 Å². The number of fused-ring (bicyclic) bond motifs is 3. The normalized spacial score (nSPS) is 12.9. The van der Waals surface area contributed by atoms with E-state index in [9.17, 15) is 30.8 Å². The summed E-state index contributed by atoms with van der Waals surface area (Å²) in [6.45, 7) is 0.976. The summed E-state index contributed by atoms with van der Waals surface area (Å²) in [4.78, 5) is 10.6. The van der Waals surface area contributed by atoms with Crippen LogP contribution in [0.25, 0.3) is 21.7 Å². The number of rotatable bonds is 4. The minimum Gasteiger partial charge on any atom is -0.542 e. The summed E-state index contributed by atoms with van der Waals surface area (Å²) < 4.78 is 89.2. The van der Waals surface area contributed by atoms with Crippen molar-refractivity contribution >= 4 is 27.7 Å². The third-order valence-electron chi connectivity index (χ3n) is 4.78. The topological polar surface area (TPSA) is 92.4 Å². The molecule has 0 atom stereocenters. The van der Waals surface area contributed by atoms with Crippen molar-refractivity contribution in [3.8, 4) is 22.7 Å². The molecular weight excluding hydrogens is 509 g/mol. The fourth-order valence-corrected chi connectivity index (χ4v) is 5.52. The number of alkyl halides is 3. The second-order valence-corrected chi connectivity index (χ2v) is 9.50. The van der Waals surface area contributed by atoms with Crippen molar-refractivity contribution in [1.29, 1.82) is 0 Å². The quantitative estimate of drug-likeness (QED) is 0.384. The molecule has 0 saturated carbocycles. The minimum absolute atomic E-state index is 0. The Morgan fingerprint density at radius 3 is 2.38 bits per heavy atom. The molecule has 0 saturated heterocycles. The Bertz CT molecular complexity index is 1370. The van der Waals surface area contributed by atoms with Crippen LogP contribution in [0.4, 0.5) is 17.6 Å². The van der Waals surface area contributed by atoms with E-state index in [2.05, 4.69) is 9.82 Å². The number of carbonyl (C=O) groups excluding carboxylic acids is 1. The number of aromatic nitrogens is 2. The molecule has 0 fully saturated rings. The Morgan fingerprint density at radius 1 is 1.18 bits per heavy atom. The van der Waals surface area contributed by atoms with Gasteiger partial charge in [0.05, 0.1) is 34.2 Å². The Kier molecular flexibility index (Phi) is 7.44. The number of hydrogen-bond donors (Lipinski definition) is 0. The van der Waals surface area contributed by atoms with Gasteiger partial charge in [0.15, 0.2) is 17.3 Å². The van der Waals surface area contributed by atoms with Gasteiger partial charge in [0, 0.05) is 16.9 Å². The number of hydrogen-bond acceptors (Lipinski definition) is 6. The van der Waals surface area contributed by atoms with Crippen LogP contribution in [0.1, 0.15) is 18.2 Å². The van der Waals surface area contributed by atoms with E-state index in [0.29, 0.717) is 0 Å². The molecule has 34 heavy (non-hydrogen) atoms. The van der Waals surface area contributed by atoms with Crippen LogP contribution in [-0.4, -0.2) is 31.2 Å². The summed E-state index contributed by atoms with van der Waals surface area (Å²) in [5, 5.41) is 3.73. The molecule has 174 valence electrons. The van der Waals surface area contributed by atoms with E-state index < -0.39 is 33.6 Å². The van der Waals surface area contributed by atoms with Crippen molar-refractivity contribution in [2.75, 3.05) is 7.11 Å². The molecule has 4 rings (SSSR count). The zero-order chi connectivity index (χ0) is 24.1. The molecule has 2 heterocycles. The molecule has 1 aromatic heterocycles. The molecule has 0 N–H and O–H groups in total. The van der Waals surface area contributed by atoms with Crippen LogP contribution in [0, 0.1) is 5.82 Å². The summed E-state index contributed by atoms with van der Waals surface area (Å²) in [5.74, 6) is -1.68. The predicted molar refractivity (Wildman–Crippen MR) is 111 cm³/mol. The van der Waals surface area contributed by atoms with E-state index in [1.54, 1.807) is 0 Å². The number of carbonyl (C=O) groups is 1. The fraction of sp³-hybridized carbons (Fsp3) is 0.200. The van der Waals surface area contributed by atoms with Gasteiger partial charge < -0.3 is 14.3 Å². The van der Waals surface area contributed by atoms with Crippen LogP contribution in [0.15, 0.2) is 46.2 Å². The monoisotopic (exact) mass is 523 g/mol. The van der Waals surface area contributed by atoms with Gasteiger partial charge in [-0.15, -0.1) is 11.8 Å². The fourth-order valence-electron chi connectivity index (χ4n) is 3.40. The first-order valence-corrected chi connectivity index (χ1v) is 11.6. The van der Waals surface area contributed by atoms with Crippen LogP contribution in [0.5, 0.6) is 5.75 Å². The van der Waals surface area contributed by atoms with Crippen LogP contribution in [0.2, 0.25) is 0 Å².